The number of aliphatic hydroxyl groups is 1. The van der Waals surface area contributed by atoms with Gasteiger partial charge in [0.05, 0.1) is 12.1 Å². The molecule has 2 saturated carbocycles. The Balaban J connectivity index is 1.43. The monoisotopic (exact) mass is 333 g/mol. The average Bonchev–Trinajstić information content (AvgIpc) is 3.28. The number of aliphatic hydroxyl groups excluding tert-OH is 1. The van der Waals surface area contributed by atoms with Crippen LogP contribution in [0.25, 0.3) is 0 Å². The summed E-state index contributed by atoms with van der Waals surface area (Å²) in [5.41, 5.74) is 7.23. The van der Waals surface area contributed by atoms with Crippen molar-refractivity contribution in [1.82, 2.24) is 16.2 Å². The topological polar surface area (TPSA) is 73.4 Å². The summed E-state index contributed by atoms with van der Waals surface area (Å²) in [5.74, 6) is 0.584. The molecule has 0 radical (unpaired) electrons. The first-order chi connectivity index (χ1) is 11.6. The highest BCUT2D eigenvalue weighted by Gasteiger charge is 2.41. The zero-order chi connectivity index (χ0) is 16.7. The molecule has 4 N–H and O–H groups in total. The Morgan fingerprint density at radius 1 is 1.17 bits per heavy atom. The van der Waals surface area contributed by atoms with Gasteiger partial charge in [-0.15, -0.1) is 0 Å². The normalized spacial score (nSPS) is 33.8. The van der Waals surface area contributed by atoms with Crippen LogP contribution in [-0.4, -0.2) is 29.2 Å². The molecule has 5 nitrogen and oxygen atoms in total. The first kappa shape index (κ1) is 16.0. The molecular formula is C18H24FN3O2. The molecule has 1 heterocycles. The number of halogens is 1. The van der Waals surface area contributed by atoms with E-state index in [9.17, 15) is 14.3 Å². The molecule has 6 heteroatoms. The summed E-state index contributed by atoms with van der Waals surface area (Å²) in [6.45, 7) is 0. The summed E-state index contributed by atoms with van der Waals surface area (Å²) in [6, 6.07) is 6.25. The molecule has 1 aromatic rings. The van der Waals surface area contributed by atoms with Gasteiger partial charge in [-0.2, -0.15) is 0 Å². The summed E-state index contributed by atoms with van der Waals surface area (Å²) in [4.78, 5) is 12.7. The van der Waals surface area contributed by atoms with Gasteiger partial charge in [-0.25, -0.2) is 9.82 Å². The molecule has 4 rings (SSSR count). The minimum absolute atomic E-state index is 0.0265. The fourth-order valence-corrected chi connectivity index (χ4v) is 3.86. The van der Waals surface area contributed by atoms with Crippen LogP contribution in [0.1, 0.15) is 43.7 Å². The minimum Gasteiger partial charge on any atom is -0.393 e. The number of rotatable bonds is 5. The number of benzene rings is 1. The number of amides is 1. The van der Waals surface area contributed by atoms with Crippen molar-refractivity contribution in [2.45, 2.75) is 56.3 Å². The van der Waals surface area contributed by atoms with E-state index < -0.39 is 0 Å². The fraction of sp³-hybridized carbons (Fsp3) is 0.611. The maximum atomic E-state index is 13.2. The van der Waals surface area contributed by atoms with Crippen LogP contribution < -0.4 is 16.2 Å². The molecule has 24 heavy (non-hydrogen) atoms. The van der Waals surface area contributed by atoms with Gasteiger partial charge in [0.15, 0.2) is 0 Å². The second kappa shape index (κ2) is 6.43. The third-order valence-electron chi connectivity index (χ3n) is 5.59. The number of carbonyl (C=O) groups is 1. The van der Waals surface area contributed by atoms with Gasteiger partial charge >= 0.3 is 0 Å². The fourth-order valence-electron chi connectivity index (χ4n) is 3.86. The van der Waals surface area contributed by atoms with Gasteiger partial charge in [-0.05, 0) is 61.6 Å². The highest BCUT2D eigenvalue weighted by Crippen LogP contribution is 2.39. The van der Waals surface area contributed by atoms with Gasteiger partial charge in [0.1, 0.15) is 11.9 Å². The van der Waals surface area contributed by atoms with Crippen LogP contribution in [0.3, 0.4) is 0 Å². The van der Waals surface area contributed by atoms with E-state index in [-0.39, 0.29) is 35.8 Å². The first-order valence-corrected chi connectivity index (χ1v) is 8.85. The van der Waals surface area contributed by atoms with Crippen molar-refractivity contribution < 1.29 is 14.3 Å². The summed E-state index contributed by atoms with van der Waals surface area (Å²) < 4.78 is 13.2. The quantitative estimate of drug-likeness (QED) is 0.657. The molecule has 3 unspecified atom stereocenters. The van der Waals surface area contributed by atoms with Crippen molar-refractivity contribution in [3.05, 3.63) is 35.6 Å². The smallest absolute Gasteiger partial charge is 0.239 e. The lowest BCUT2D eigenvalue weighted by Gasteiger charge is -2.38. The Labute approximate surface area is 141 Å². The zero-order valence-corrected chi connectivity index (χ0v) is 13.5. The molecule has 0 aromatic heterocycles. The molecule has 1 aromatic carbocycles. The second-order valence-electron chi connectivity index (χ2n) is 7.44. The Kier molecular flexibility index (Phi) is 4.28. The Hall–Kier alpha value is -1.50. The van der Waals surface area contributed by atoms with Crippen molar-refractivity contribution in [3.8, 4) is 0 Å². The largest absolute Gasteiger partial charge is 0.393 e. The van der Waals surface area contributed by atoms with E-state index in [1.807, 2.05) is 0 Å². The van der Waals surface area contributed by atoms with E-state index in [1.165, 1.54) is 25.0 Å². The number of hydrogen-bond donors (Lipinski definition) is 4. The second-order valence-corrected chi connectivity index (χ2v) is 7.44. The molecule has 3 atom stereocenters. The van der Waals surface area contributed by atoms with E-state index in [0.29, 0.717) is 24.8 Å². The highest BCUT2D eigenvalue weighted by molar-refractivity contribution is 5.82. The molecule has 1 amide bonds. The summed E-state index contributed by atoms with van der Waals surface area (Å²) >= 11 is 0. The third kappa shape index (κ3) is 3.31. The molecule has 3 aliphatic rings. The van der Waals surface area contributed by atoms with Crippen LogP contribution in [-0.2, 0) is 4.79 Å². The van der Waals surface area contributed by atoms with Gasteiger partial charge in [0.2, 0.25) is 5.91 Å². The number of hydrazine groups is 1. The zero-order valence-electron chi connectivity index (χ0n) is 13.5. The molecule has 0 spiro atoms. The van der Waals surface area contributed by atoms with E-state index in [2.05, 4.69) is 16.2 Å². The lowest BCUT2D eigenvalue weighted by Crippen LogP contribution is -2.48. The predicted molar refractivity (Wildman–Crippen MR) is 87.2 cm³/mol. The molecule has 0 bridgehead atoms. The van der Waals surface area contributed by atoms with Crippen molar-refractivity contribution in [3.63, 3.8) is 0 Å². The minimum atomic E-state index is -0.291. The van der Waals surface area contributed by atoms with Crippen LogP contribution in [0.4, 0.5) is 4.39 Å². The molecule has 2 aliphatic carbocycles. The van der Waals surface area contributed by atoms with Crippen molar-refractivity contribution >= 4 is 5.91 Å². The molecule has 3 fully saturated rings. The van der Waals surface area contributed by atoms with E-state index in [1.54, 1.807) is 12.1 Å². The lowest BCUT2D eigenvalue weighted by atomic mass is 9.75. The van der Waals surface area contributed by atoms with Crippen LogP contribution in [0.5, 0.6) is 0 Å². The van der Waals surface area contributed by atoms with Gasteiger partial charge in [-0.1, -0.05) is 12.1 Å². The van der Waals surface area contributed by atoms with Gasteiger partial charge in [-0.3, -0.25) is 10.2 Å². The molecule has 1 saturated heterocycles. The number of hydrogen-bond acceptors (Lipinski definition) is 4. The maximum absolute atomic E-state index is 13.2. The first-order valence-electron chi connectivity index (χ1n) is 8.85. The maximum Gasteiger partial charge on any atom is 0.239 e. The number of carbonyl (C=O) groups excluding carboxylic acids is 1. The van der Waals surface area contributed by atoms with Gasteiger partial charge in [0, 0.05) is 6.04 Å². The summed E-state index contributed by atoms with van der Waals surface area (Å²) in [7, 11) is 0. The standard InChI is InChI=1S/C18H24FN3O2/c19-13-5-3-11(4-6-13)17(12-7-14(23)8-12)20-18(24)16-9-15(21-22-16)10-1-2-10/h3-6,10,12,14-17,21-23H,1-2,7-9H2,(H,20,24). The van der Waals surface area contributed by atoms with E-state index in [0.717, 1.165) is 12.0 Å². The number of nitrogens with one attached hydrogen (secondary N) is 3. The van der Waals surface area contributed by atoms with Crippen molar-refractivity contribution in [2.24, 2.45) is 11.8 Å². The van der Waals surface area contributed by atoms with Crippen LogP contribution >= 0.6 is 0 Å². The van der Waals surface area contributed by atoms with E-state index >= 15 is 0 Å². The molecular weight excluding hydrogens is 309 g/mol. The molecule has 130 valence electrons. The van der Waals surface area contributed by atoms with Crippen LogP contribution in [0, 0.1) is 17.7 Å². The predicted octanol–water partition coefficient (Wildman–Crippen LogP) is 1.40. The van der Waals surface area contributed by atoms with Crippen molar-refractivity contribution in [2.75, 3.05) is 0 Å². The lowest BCUT2D eigenvalue weighted by molar-refractivity contribution is -0.124. The van der Waals surface area contributed by atoms with Gasteiger partial charge < -0.3 is 10.4 Å². The summed E-state index contributed by atoms with van der Waals surface area (Å²) in [5, 5.41) is 12.7. The third-order valence-corrected chi connectivity index (χ3v) is 5.59. The highest BCUT2D eigenvalue weighted by atomic mass is 19.1. The van der Waals surface area contributed by atoms with Gasteiger partial charge in [0.25, 0.3) is 0 Å². The van der Waals surface area contributed by atoms with E-state index in [4.69, 9.17) is 0 Å². The van der Waals surface area contributed by atoms with Crippen LogP contribution in [0.15, 0.2) is 24.3 Å². The summed E-state index contributed by atoms with van der Waals surface area (Å²) in [6.07, 6.45) is 4.34. The SMILES string of the molecule is O=C(NC(c1ccc(F)cc1)C1CC(O)C1)C1CC(C2CC2)NN1. The average molecular weight is 333 g/mol. The Bertz CT molecular complexity index is 599. The van der Waals surface area contributed by atoms with Crippen LogP contribution in [0.2, 0.25) is 0 Å². The Morgan fingerprint density at radius 2 is 1.88 bits per heavy atom. The van der Waals surface area contributed by atoms with Crippen molar-refractivity contribution in [1.29, 1.82) is 0 Å². The molecule has 1 aliphatic heterocycles. The Morgan fingerprint density at radius 3 is 2.50 bits per heavy atom.